The molecule has 1 aromatic carbocycles. The van der Waals surface area contributed by atoms with Crippen LogP contribution >= 0.6 is 0 Å². The van der Waals surface area contributed by atoms with Gasteiger partial charge >= 0.3 is 0 Å². The first-order valence-electron chi connectivity index (χ1n) is 6.91. The van der Waals surface area contributed by atoms with Gasteiger partial charge in [-0.1, -0.05) is 0 Å². The maximum atomic E-state index is 11.1. The van der Waals surface area contributed by atoms with Gasteiger partial charge in [-0.15, -0.1) is 0 Å². The Morgan fingerprint density at radius 1 is 1.43 bits per heavy atom. The summed E-state index contributed by atoms with van der Waals surface area (Å²) in [6, 6.07) is 6.24. The van der Waals surface area contributed by atoms with Crippen LogP contribution in [0.15, 0.2) is 23.3 Å². The normalized spacial score (nSPS) is 25.6. The highest BCUT2D eigenvalue weighted by Crippen LogP contribution is 2.28. The van der Waals surface area contributed by atoms with Crippen LogP contribution in [0.25, 0.3) is 0 Å². The molecule has 0 spiro atoms. The molecular weight excluding hydrogens is 270 g/mol. The van der Waals surface area contributed by atoms with Crippen molar-refractivity contribution in [1.29, 1.82) is 5.26 Å². The number of benzene rings is 1. The van der Waals surface area contributed by atoms with Crippen molar-refractivity contribution < 1.29 is 4.92 Å². The van der Waals surface area contributed by atoms with Crippen LogP contribution in [0.3, 0.4) is 0 Å². The van der Waals surface area contributed by atoms with Gasteiger partial charge in [0.25, 0.3) is 5.69 Å². The number of piperidine rings is 3. The predicted molar refractivity (Wildman–Crippen MR) is 78.0 cm³/mol. The smallest absolute Gasteiger partial charge is 0.295 e. The van der Waals surface area contributed by atoms with E-state index >= 15 is 0 Å². The zero-order chi connectivity index (χ0) is 14.8. The first-order valence-corrected chi connectivity index (χ1v) is 6.91. The molecule has 0 atom stereocenters. The number of nitrogens with zero attached hydrogens (tertiary/aromatic N) is 4. The summed E-state index contributed by atoms with van der Waals surface area (Å²) in [4.78, 5) is 12.9. The third-order valence-corrected chi connectivity index (χ3v) is 4.09. The molecule has 3 aliphatic heterocycles. The Bertz CT molecular complexity index is 641. The molecule has 0 radical (unpaired) electrons. The largest absolute Gasteiger partial charge is 0.298 e. The molecule has 0 aromatic heterocycles. The molecule has 7 nitrogen and oxygen atoms in total. The van der Waals surface area contributed by atoms with E-state index in [-0.39, 0.29) is 11.3 Å². The Morgan fingerprint density at radius 3 is 2.76 bits per heavy atom. The molecule has 2 bridgehead atoms. The minimum absolute atomic E-state index is 0.125. The van der Waals surface area contributed by atoms with Crippen molar-refractivity contribution in [2.75, 3.05) is 25.1 Å². The number of hydrazone groups is 1. The Morgan fingerprint density at radius 2 is 2.19 bits per heavy atom. The minimum atomic E-state index is -0.500. The summed E-state index contributed by atoms with van der Waals surface area (Å²) in [5.41, 5.74) is 4.34. The summed E-state index contributed by atoms with van der Waals surface area (Å²) in [7, 11) is 0. The summed E-state index contributed by atoms with van der Waals surface area (Å²) in [5, 5.41) is 24.3. The van der Waals surface area contributed by atoms with E-state index in [1.165, 1.54) is 12.1 Å². The molecule has 3 heterocycles. The standard InChI is InChI=1S/C14H15N5O2/c15-8-10-1-2-12(14(7-10)19(20)21)16-17-13-9-18-5-3-11(13)4-6-18/h1-2,7,11,16H,3-6,9H2/b17-13-. The second kappa shape index (κ2) is 5.50. The first kappa shape index (κ1) is 13.5. The van der Waals surface area contributed by atoms with Crippen molar-refractivity contribution in [3.05, 3.63) is 33.9 Å². The van der Waals surface area contributed by atoms with Gasteiger partial charge in [-0.3, -0.25) is 20.4 Å². The van der Waals surface area contributed by atoms with Gasteiger partial charge in [0, 0.05) is 18.5 Å². The lowest BCUT2D eigenvalue weighted by molar-refractivity contribution is -0.384. The van der Waals surface area contributed by atoms with Crippen LogP contribution in [0.5, 0.6) is 0 Å². The maximum absolute atomic E-state index is 11.1. The lowest BCUT2D eigenvalue weighted by Gasteiger charge is -2.39. The fourth-order valence-corrected chi connectivity index (χ4v) is 2.89. The molecule has 3 aliphatic rings. The van der Waals surface area contributed by atoms with Crippen LogP contribution in [0.1, 0.15) is 18.4 Å². The molecule has 7 heteroatoms. The van der Waals surface area contributed by atoms with Crippen molar-refractivity contribution in [2.45, 2.75) is 12.8 Å². The van der Waals surface area contributed by atoms with E-state index in [1.807, 2.05) is 6.07 Å². The molecule has 0 aliphatic carbocycles. The molecule has 3 fully saturated rings. The van der Waals surface area contributed by atoms with Gasteiger partial charge in [0.05, 0.1) is 22.3 Å². The molecule has 0 saturated carbocycles. The lowest BCUT2D eigenvalue weighted by Crippen LogP contribution is -2.48. The highest BCUT2D eigenvalue weighted by molar-refractivity contribution is 5.90. The predicted octanol–water partition coefficient (Wildman–Crippen LogP) is 1.96. The van der Waals surface area contributed by atoms with Crippen LogP contribution in [0, 0.1) is 27.4 Å². The van der Waals surface area contributed by atoms with E-state index in [2.05, 4.69) is 15.4 Å². The average molecular weight is 285 g/mol. The van der Waals surface area contributed by atoms with Crippen molar-refractivity contribution in [3.8, 4) is 6.07 Å². The van der Waals surface area contributed by atoms with E-state index in [0.717, 1.165) is 38.2 Å². The average Bonchev–Trinajstić information content (AvgIpc) is 2.53. The molecular formula is C14H15N5O2. The third kappa shape index (κ3) is 2.71. The number of nitro benzene ring substituents is 1. The van der Waals surface area contributed by atoms with E-state index in [4.69, 9.17) is 5.26 Å². The van der Waals surface area contributed by atoms with Crippen molar-refractivity contribution in [2.24, 2.45) is 11.0 Å². The van der Waals surface area contributed by atoms with Crippen LogP contribution in [-0.2, 0) is 0 Å². The van der Waals surface area contributed by atoms with Gasteiger partial charge in [0.2, 0.25) is 0 Å². The van der Waals surface area contributed by atoms with Crippen LogP contribution in [0.4, 0.5) is 11.4 Å². The molecule has 4 rings (SSSR count). The van der Waals surface area contributed by atoms with Crippen molar-refractivity contribution in [1.82, 2.24) is 4.90 Å². The number of nitrogens with one attached hydrogen (secondary N) is 1. The first-order chi connectivity index (χ1) is 10.2. The van der Waals surface area contributed by atoms with Crippen LogP contribution in [0.2, 0.25) is 0 Å². The van der Waals surface area contributed by atoms with Gasteiger partial charge in [0.1, 0.15) is 5.69 Å². The topological polar surface area (TPSA) is 94.6 Å². The molecule has 3 saturated heterocycles. The number of anilines is 1. The Labute approximate surface area is 122 Å². The highest BCUT2D eigenvalue weighted by atomic mass is 16.6. The second-order valence-corrected chi connectivity index (χ2v) is 5.37. The van der Waals surface area contributed by atoms with E-state index in [9.17, 15) is 10.1 Å². The van der Waals surface area contributed by atoms with Gasteiger partial charge < -0.3 is 0 Å². The Hall–Kier alpha value is -2.46. The molecule has 0 unspecified atom stereocenters. The van der Waals surface area contributed by atoms with Crippen LogP contribution < -0.4 is 5.43 Å². The number of nitro groups is 1. The maximum Gasteiger partial charge on any atom is 0.295 e. The highest BCUT2D eigenvalue weighted by Gasteiger charge is 2.31. The molecule has 1 N–H and O–H groups in total. The zero-order valence-electron chi connectivity index (χ0n) is 11.5. The van der Waals surface area contributed by atoms with Gasteiger partial charge in [-0.05, 0) is 38.1 Å². The van der Waals surface area contributed by atoms with E-state index in [0.29, 0.717) is 11.6 Å². The summed E-state index contributed by atoms with van der Waals surface area (Å²) in [5.74, 6) is 0.486. The Kier molecular flexibility index (Phi) is 3.54. The van der Waals surface area contributed by atoms with E-state index < -0.39 is 4.92 Å². The molecule has 0 amide bonds. The van der Waals surface area contributed by atoms with Crippen LogP contribution in [-0.4, -0.2) is 35.2 Å². The van der Waals surface area contributed by atoms with E-state index in [1.54, 1.807) is 6.07 Å². The molecule has 1 aromatic rings. The van der Waals surface area contributed by atoms with Gasteiger partial charge in [-0.25, -0.2) is 0 Å². The number of nitriles is 1. The van der Waals surface area contributed by atoms with Crippen molar-refractivity contribution >= 4 is 17.1 Å². The summed E-state index contributed by atoms with van der Waals surface area (Å²) in [6.07, 6.45) is 2.21. The van der Waals surface area contributed by atoms with Gasteiger partial charge in [0.15, 0.2) is 0 Å². The molecule has 21 heavy (non-hydrogen) atoms. The summed E-state index contributed by atoms with van der Waals surface area (Å²) >= 11 is 0. The lowest BCUT2D eigenvalue weighted by atomic mass is 9.87. The zero-order valence-corrected chi connectivity index (χ0v) is 11.5. The second-order valence-electron chi connectivity index (χ2n) is 5.37. The van der Waals surface area contributed by atoms with Gasteiger partial charge in [-0.2, -0.15) is 10.4 Å². The quantitative estimate of drug-likeness (QED) is 0.676. The number of rotatable bonds is 3. The summed E-state index contributed by atoms with van der Waals surface area (Å²) < 4.78 is 0. The SMILES string of the molecule is N#Cc1ccc(N/N=C2/CN3CCC2CC3)c([N+](=O)[O-])c1. The molecule has 108 valence electrons. The Balaban J connectivity index is 1.82. The summed E-state index contributed by atoms with van der Waals surface area (Å²) in [6.45, 7) is 3.06. The fourth-order valence-electron chi connectivity index (χ4n) is 2.89. The number of hydrogen-bond donors (Lipinski definition) is 1. The minimum Gasteiger partial charge on any atom is -0.298 e. The number of hydrogen-bond acceptors (Lipinski definition) is 6. The fraction of sp³-hybridized carbons (Fsp3) is 0.429. The number of fused-ring (bicyclic) bond motifs is 3. The van der Waals surface area contributed by atoms with Crippen molar-refractivity contribution in [3.63, 3.8) is 0 Å². The third-order valence-electron chi connectivity index (χ3n) is 4.09. The monoisotopic (exact) mass is 285 g/mol.